The highest BCUT2D eigenvalue weighted by Gasteiger charge is 2.09. The SMILES string of the molecule is CCNC(=NCc1ccccc1OC(F)F)NCCCc1ccc(O)cc1.I. The van der Waals surface area contributed by atoms with Gasteiger partial charge in [-0.3, -0.25) is 0 Å². The summed E-state index contributed by atoms with van der Waals surface area (Å²) in [7, 11) is 0. The first-order valence-corrected chi connectivity index (χ1v) is 8.91. The number of ether oxygens (including phenoxy) is 1. The molecule has 2 rings (SSSR count). The standard InChI is InChI=1S/C20H25F2N3O2.HI/c1-2-23-20(24-13-5-6-15-9-11-17(26)12-10-15)25-14-16-7-3-4-8-18(16)27-19(21)22;/h3-4,7-12,19,26H,2,5-6,13-14H2,1H3,(H2,23,24,25);1H. The number of nitrogens with zero attached hydrogens (tertiary/aromatic N) is 1. The van der Waals surface area contributed by atoms with Gasteiger partial charge in [-0.05, 0) is 43.5 Å². The lowest BCUT2D eigenvalue weighted by atomic mass is 10.1. The summed E-state index contributed by atoms with van der Waals surface area (Å²) in [6.45, 7) is 0.736. The second-order valence-electron chi connectivity index (χ2n) is 5.88. The first-order chi connectivity index (χ1) is 13.1. The van der Waals surface area contributed by atoms with E-state index in [4.69, 9.17) is 0 Å². The molecule has 0 atom stereocenters. The highest BCUT2D eigenvalue weighted by molar-refractivity contribution is 14.0. The number of aliphatic imine (C=N–C) groups is 1. The Hall–Kier alpha value is -2.10. The lowest BCUT2D eigenvalue weighted by Crippen LogP contribution is -2.37. The second-order valence-corrected chi connectivity index (χ2v) is 5.88. The molecule has 0 heterocycles. The number of phenolic OH excluding ortho intramolecular Hbond substituents is 1. The highest BCUT2D eigenvalue weighted by atomic mass is 127. The monoisotopic (exact) mass is 505 g/mol. The van der Waals surface area contributed by atoms with E-state index < -0.39 is 6.61 Å². The van der Waals surface area contributed by atoms with Gasteiger partial charge in [-0.25, -0.2) is 4.99 Å². The summed E-state index contributed by atoms with van der Waals surface area (Å²) in [6, 6.07) is 13.8. The van der Waals surface area contributed by atoms with Gasteiger partial charge in [0.25, 0.3) is 0 Å². The molecule has 0 aromatic heterocycles. The minimum atomic E-state index is -2.86. The molecule has 0 saturated carbocycles. The molecule has 0 unspecified atom stereocenters. The van der Waals surface area contributed by atoms with Gasteiger partial charge in [-0.15, -0.1) is 24.0 Å². The van der Waals surface area contributed by atoms with Gasteiger partial charge >= 0.3 is 6.61 Å². The Morgan fingerprint density at radius 1 is 1.11 bits per heavy atom. The summed E-state index contributed by atoms with van der Waals surface area (Å²) in [6.07, 6.45) is 1.76. The Morgan fingerprint density at radius 2 is 1.82 bits per heavy atom. The number of halogens is 3. The largest absolute Gasteiger partial charge is 0.508 e. The van der Waals surface area contributed by atoms with Gasteiger partial charge in [0, 0.05) is 18.7 Å². The van der Waals surface area contributed by atoms with Gasteiger partial charge in [0.15, 0.2) is 5.96 Å². The van der Waals surface area contributed by atoms with E-state index in [0.29, 0.717) is 24.6 Å². The number of hydrogen-bond donors (Lipinski definition) is 3. The number of benzene rings is 2. The molecular weight excluding hydrogens is 479 g/mol. The molecule has 0 spiro atoms. The Balaban J connectivity index is 0.00000392. The maximum absolute atomic E-state index is 12.5. The van der Waals surface area contributed by atoms with E-state index in [1.165, 1.54) is 6.07 Å². The molecule has 5 nitrogen and oxygen atoms in total. The summed E-state index contributed by atoms with van der Waals surface area (Å²) in [5.74, 6) is 1.02. The third kappa shape index (κ3) is 8.73. The number of phenols is 1. The number of hydrogen-bond acceptors (Lipinski definition) is 3. The zero-order chi connectivity index (χ0) is 19.5. The van der Waals surface area contributed by atoms with Crippen molar-refractivity contribution >= 4 is 29.9 Å². The van der Waals surface area contributed by atoms with Crippen LogP contribution in [-0.4, -0.2) is 30.8 Å². The third-order valence-corrected chi connectivity index (χ3v) is 3.81. The van der Waals surface area contributed by atoms with Crippen molar-refractivity contribution in [1.82, 2.24) is 10.6 Å². The highest BCUT2D eigenvalue weighted by Crippen LogP contribution is 2.20. The van der Waals surface area contributed by atoms with Crippen LogP contribution in [0, 0.1) is 0 Å². The lowest BCUT2D eigenvalue weighted by molar-refractivity contribution is -0.0504. The van der Waals surface area contributed by atoms with Crippen molar-refractivity contribution in [2.24, 2.45) is 4.99 Å². The van der Waals surface area contributed by atoms with Crippen molar-refractivity contribution in [1.29, 1.82) is 0 Å². The number of nitrogens with one attached hydrogen (secondary N) is 2. The van der Waals surface area contributed by atoms with Crippen molar-refractivity contribution in [3.63, 3.8) is 0 Å². The molecule has 3 N–H and O–H groups in total. The van der Waals surface area contributed by atoms with Crippen LogP contribution in [0.15, 0.2) is 53.5 Å². The van der Waals surface area contributed by atoms with Gasteiger partial charge in [0.05, 0.1) is 6.54 Å². The Bertz CT molecular complexity index is 728. The molecule has 0 fully saturated rings. The van der Waals surface area contributed by atoms with Crippen molar-refractivity contribution < 1.29 is 18.6 Å². The maximum atomic E-state index is 12.5. The summed E-state index contributed by atoms with van der Waals surface area (Å²) in [5, 5.41) is 15.7. The molecule has 0 aliphatic rings. The van der Waals surface area contributed by atoms with Crippen LogP contribution in [0.25, 0.3) is 0 Å². The van der Waals surface area contributed by atoms with Gasteiger partial charge in [-0.2, -0.15) is 8.78 Å². The second kappa shape index (κ2) is 13.1. The number of guanidine groups is 1. The molecule has 0 aliphatic carbocycles. The smallest absolute Gasteiger partial charge is 0.387 e. The average molecular weight is 505 g/mol. The zero-order valence-corrected chi connectivity index (χ0v) is 18.0. The number of para-hydroxylation sites is 1. The van der Waals surface area contributed by atoms with Crippen molar-refractivity contribution in [3.05, 3.63) is 59.7 Å². The van der Waals surface area contributed by atoms with Gasteiger partial charge in [-0.1, -0.05) is 30.3 Å². The average Bonchev–Trinajstić information content (AvgIpc) is 2.65. The van der Waals surface area contributed by atoms with Crippen LogP contribution in [0.2, 0.25) is 0 Å². The van der Waals surface area contributed by atoms with E-state index in [1.807, 2.05) is 19.1 Å². The third-order valence-electron chi connectivity index (χ3n) is 3.81. The first kappa shape index (κ1) is 23.9. The fourth-order valence-electron chi connectivity index (χ4n) is 2.51. The summed E-state index contributed by atoms with van der Waals surface area (Å²) >= 11 is 0. The van der Waals surface area contributed by atoms with Crippen molar-refractivity contribution in [2.75, 3.05) is 13.1 Å². The van der Waals surface area contributed by atoms with Crippen LogP contribution in [-0.2, 0) is 13.0 Å². The van der Waals surface area contributed by atoms with Crippen molar-refractivity contribution in [3.8, 4) is 11.5 Å². The first-order valence-electron chi connectivity index (χ1n) is 8.91. The number of alkyl halides is 2. The fraction of sp³-hybridized carbons (Fsp3) is 0.350. The molecule has 0 radical (unpaired) electrons. The zero-order valence-electron chi connectivity index (χ0n) is 15.7. The van der Waals surface area contributed by atoms with Crippen molar-refractivity contribution in [2.45, 2.75) is 32.9 Å². The van der Waals surface area contributed by atoms with E-state index in [-0.39, 0.29) is 42.0 Å². The molecule has 154 valence electrons. The van der Waals surface area contributed by atoms with Crippen LogP contribution in [0.1, 0.15) is 24.5 Å². The van der Waals surface area contributed by atoms with Gasteiger partial charge in [0.2, 0.25) is 0 Å². The predicted octanol–water partition coefficient (Wildman–Crippen LogP) is 4.30. The number of rotatable bonds is 9. The molecular formula is C20H26F2IN3O2. The molecule has 0 aliphatic heterocycles. The normalized spacial score (nSPS) is 11.1. The maximum Gasteiger partial charge on any atom is 0.387 e. The Kier molecular flexibility index (Phi) is 11.2. The molecule has 28 heavy (non-hydrogen) atoms. The number of aromatic hydroxyl groups is 1. The lowest BCUT2D eigenvalue weighted by Gasteiger charge is -2.13. The molecule has 8 heteroatoms. The molecule has 0 saturated heterocycles. The van der Waals surface area contributed by atoms with E-state index >= 15 is 0 Å². The van der Waals surface area contributed by atoms with Crippen LogP contribution in [0.5, 0.6) is 11.5 Å². The van der Waals surface area contributed by atoms with Crippen LogP contribution >= 0.6 is 24.0 Å². The van der Waals surface area contributed by atoms with E-state index in [0.717, 1.165) is 18.4 Å². The number of aryl methyl sites for hydroxylation is 1. The molecule has 2 aromatic rings. The quantitative estimate of drug-likeness (QED) is 0.206. The summed E-state index contributed by atoms with van der Waals surface area (Å²) in [5.41, 5.74) is 1.74. The molecule has 0 bridgehead atoms. The topological polar surface area (TPSA) is 65.9 Å². The van der Waals surface area contributed by atoms with E-state index in [2.05, 4.69) is 20.4 Å². The minimum Gasteiger partial charge on any atom is -0.508 e. The van der Waals surface area contributed by atoms with E-state index in [1.54, 1.807) is 30.3 Å². The Labute approximate surface area is 181 Å². The van der Waals surface area contributed by atoms with Crippen LogP contribution < -0.4 is 15.4 Å². The van der Waals surface area contributed by atoms with Gasteiger partial charge in [0.1, 0.15) is 11.5 Å². The predicted molar refractivity (Wildman–Crippen MR) is 118 cm³/mol. The Morgan fingerprint density at radius 3 is 2.50 bits per heavy atom. The van der Waals surface area contributed by atoms with Crippen LogP contribution in [0.3, 0.4) is 0 Å². The van der Waals surface area contributed by atoms with Gasteiger partial charge < -0.3 is 20.5 Å². The molecule has 2 aromatic carbocycles. The minimum absolute atomic E-state index is 0. The van der Waals surface area contributed by atoms with E-state index in [9.17, 15) is 13.9 Å². The van der Waals surface area contributed by atoms with Crippen LogP contribution in [0.4, 0.5) is 8.78 Å². The summed E-state index contributed by atoms with van der Waals surface area (Å²) in [4.78, 5) is 4.44. The molecule has 0 amide bonds. The fourth-order valence-corrected chi connectivity index (χ4v) is 2.51. The summed E-state index contributed by atoms with van der Waals surface area (Å²) < 4.78 is 29.5.